The number of alkyl halides is 3. The third-order valence-corrected chi connectivity index (χ3v) is 2.60. The van der Waals surface area contributed by atoms with E-state index in [4.69, 9.17) is 5.11 Å². The first-order valence-corrected chi connectivity index (χ1v) is 5.57. The number of aliphatic hydroxyl groups excluding tert-OH is 2. The molecule has 0 aliphatic rings. The van der Waals surface area contributed by atoms with Crippen LogP contribution in [0.2, 0.25) is 0 Å². The molecule has 0 bridgehead atoms. The van der Waals surface area contributed by atoms with Gasteiger partial charge >= 0.3 is 12.1 Å². The first-order valence-electron chi connectivity index (χ1n) is 5.57. The number of nitro groups is 1. The number of hydrogen-bond donors (Lipinski definition) is 3. The highest BCUT2D eigenvalue weighted by Gasteiger charge is 2.40. The number of nitro benzene ring substituents is 1. The molecule has 0 radical (unpaired) electrons. The van der Waals surface area contributed by atoms with Crippen LogP contribution < -0.4 is 5.32 Å². The second-order valence-corrected chi connectivity index (χ2v) is 4.05. The number of amides is 1. The molecule has 0 aliphatic carbocycles. The Balaban J connectivity index is 2.85. The summed E-state index contributed by atoms with van der Waals surface area (Å²) in [6.45, 7) is -0.944. The largest absolute Gasteiger partial charge is 0.471 e. The Morgan fingerprint density at radius 2 is 1.86 bits per heavy atom. The zero-order valence-corrected chi connectivity index (χ0v) is 10.4. The van der Waals surface area contributed by atoms with Crippen molar-refractivity contribution in [3.8, 4) is 0 Å². The predicted molar refractivity (Wildman–Crippen MR) is 63.1 cm³/mol. The lowest BCUT2D eigenvalue weighted by molar-refractivity contribution is -0.384. The Kier molecular flexibility index (Phi) is 5.22. The SMILES string of the molecule is O=C(N[C@H](CO)[C@H](O)c1ccc([N+](=O)[O-])cc1)C(F)(F)F. The lowest BCUT2D eigenvalue weighted by Gasteiger charge is -2.23. The standard InChI is InChI=1S/C11H11F3N2O5/c12-11(13,14)10(19)15-8(5-17)9(18)6-1-3-7(4-2-6)16(20)21/h1-4,8-9,17-18H,5H2,(H,15,19)/t8-,9-/m1/s1. The van der Waals surface area contributed by atoms with Crippen molar-refractivity contribution in [2.75, 3.05) is 6.61 Å². The summed E-state index contributed by atoms with van der Waals surface area (Å²) in [5, 5.41) is 30.7. The molecule has 0 unspecified atom stereocenters. The van der Waals surface area contributed by atoms with Gasteiger partial charge in [0.2, 0.25) is 0 Å². The highest BCUT2D eigenvalue weighted by atomic mass is 19.4. The highest BCUT2D eigenvalue weighted by molar-refractivity contribution is 5.82. The van der Waals surface area contributed by atoms with Gasteiger partial charge in [-0.05, 0) is 17.7 Å². The minimum Gasteiger partial charge on any atom is -0.394 e. The van der Waals surface area contributed by atoms with Crippen LogP contribution in [0.25, 0.3) is 0 Å². The fourth-order valence-corrected chi connectivity index (χ4v) is 1.50. The maximum atomic E-state index is 12.1. The summed E-state index contributed by atoms with van der Waals surface area (Å²) in [5.41, 5.74) is -0.257. The number of non-ortho nitro benzene ring substituents is 1. The smallest absolute Gasteiger partial charge is 0.394 e. The van der Waals surface area contributed by atoms with Crippen molar-refractivity contribution in [3.63, 3.8) is 0 Å². The van der Waals surface area contributed by atoms with Gasteiger partial charge < -0.3 is 15.5 Å². The number of benzene rings is 1. The first kappa shape index (κ1) is 16.9. The van der Waals surface area contributed by atoms with Crippen molar-refractivity contribution in [1.82, 2.24) is 5.32 Å². The summed E-state index contributed by atoms with van der Waals surface area (Å²) in [5.74, 6) is -2.30. The zero-order chi connectivity index (χ0) is 16.2. The number of aliphatic hydroxyl groups is 2. The zero-order valence-electron chi connectivity index (χ0n) is 10.4. The minimum absolute atomic E-state index is 0.0159. The second kappa shape index (κ2) is 6.50. The van der Waals surface area contributed by atoms with Gasteiger partial charge in [0, 0.05) is 12.1 Å². The molecule has 3 N–H and O–H groups in total. The average molecular weight is 308 g/mol. The Hall–Kier alpha value is -2.20. The molecule has 1 aromatic carbocycles. The summed E-state index contributed by atoms with van der Waals surface area (Å²) in [6.07, 6.45) is -6.80. The van der Waals surface area contributed by atoms with Gasteiger partial charge in [-0.1, -0.05) is 0 Å². The maximum Gasteiger partial charge on any atom is 0.471 e. The molecule has 0 aliphatic heterocycles. The van der Waals surface area contributed by atoms with Crippen molar-refractivity contribution in [2.24, 2.45) is 0 Å². The maximum absolute atomic E-state index is 12.1. The minimum atomic E-state index is -5.15. The van der Waals surface area contributed by atoms with Gasteiger partial charge in [0.05, 0.1) is 17.6 Å². The molecular formula is C11H11F3N2O5. The van der Waals surface area contributed by atoms with Crippen molar-refractivity contribution in [1.29, 1.82) is 0 Å². The molecule has 0 spiro atoms. The number of carbonyl (C=O) groups excluding carboxylic acids is 1. The van der Waals surface area contributed by atoms with E-state index in [-0.39, 0.29) is 11.3 Å². The van der Waals surface area contributed by atoms with Crippen molar-refractivity contribution in [3.05, 3.63) is 39.9 Å². The molecule has 1 aromatic rings. The fourth-order valence-electron chi connectivity index (χ4n) is 1.50. The average Bonchev–Trinajstić information content (AvgIpc) is 2.42. The summed E-state index contributed by atoms with van der Waals surface area (Å²) in [7, 11) is 0. The van der Waals surface area contributed by atoms with Crippen LogP contribution >= 0.6 is 0 Å². The Bertz CT molecular complexity index is 518. The van der Waals surface area contributed by atoms with Gasteiger partial charge in [-0.3, -0.25) is 14.9 Å². The van der Waals surface area contributed by atoms with Gasteiger partial charge in [0.25, 0.3) is 5.69 Å². The fraction of sp³-hybridized carbons (Fsp3) is 0.364. The van der Waals surface area contributed by atoms with Gasteiger partial charge in [-0.25, -0.2) is 0 Å². The monoisotopic (exact) mass is 308 g/mol. The molecule has 10 heteroatoms. The van der Waals surface area contributed by atoms with Gasteiger partial charge in [0.15, 0.2) is 0 Å². The van der Waals surface area contributed by atoms with E-state index in [9.17, 15) is 33.2 Å². The quantitative estimate of drug-likeness (QED) is 0.546. The van der Waals surface area contributed by atoms with Crippen LogP contribution in [0, 0.1) is 10.1 Å². The molecule has 0 fully saturated rings. The van der Waals surface area contributed by atoms with Gasteiger partial charge in [0.1, 0.15) is 6.10 Å². The highest BCUT2D eigenvalue weighted by Crippen LogP contribution is 2.22. The number of nitrogens with one attached hydrogen (secondary N) is 1. The van der Waals surface area contributed by atoms with Crippen LogP contribution in [0.1, 0.15) is 11.7 Å². The second-order valence-electron chi connectivity index (χ2n) is 4.05. The molecular weight excluding hydrogens is 297 g/mol. The molecule has 21 heavy (non-hydrogen) atoms. The van der Waals surface area contributed by atoms with Crippen molar-refractivity contribution < 1.29 is 33.1 Å². The van der Waals surface area contributed by atoms with E-state index < -0.39 is 35.8 Å². The van der Waals surface area contributed by atoms with Gasteiger partial charge in [-0.2, -0.15) is 13.2 Å². The molecule has 116 valence electrons. The van der Waals surface area contributed by atoms with Crippen molar-refractivity contribution >= 4 is 11.6 Å². The lowest BCUT2D eigenvalue weighted by atomic mass is 10.0. The Morgan fingerprint density at radius 1 is 1.33 bits per heavy atom. The Morgan fingerprint density at radius 3 is 2.24 bits per heavy atom. The van der Waals surface area contributed by atoms with E-state index in [0.29, 0.717) is 0 Å². The number of rotatable bonds is 5. The van der Waals surface area contributed by atoms with Crippen LogP contribution in [-0.4, -0.2) is 39.9 Å². The van der Waals surface area contributed by atoms with E-state index in [0.717, 1.165) is 24.3 Å². The lowest BCUT2D eigenvalue weighted by Crippen LogP contribution is -2.47. The van der Waals surface area contributed by atoms with E-state index in [1.165, 1.54) is 5.32 Å². The number of hydrogen-bond acceptors (Lipinski definition) is 5. The van der Waals surface area contributed by atoms with Crippen LogP contribution in [0.15, 0.2) is 24.3 Å². The summed E-state index contributed by atoms with van der Waals surface area (Å²) >= 11 is 0. The number of nitrogens with zero attached hydrogens (tertiary/aromatic N) is 1. The van der Waals surface area contributed by atoms with E-state index in [1.807, 2.05) is 0 Å². The summed E-state index contributed by atoms with van der Waals surface area (Å²) in [4.78, 5) is 20.5. The topological polar surface area (TPSA) is 113 Å². The van der Waals surface area contributed by atoms with Crippen LogP contribution in [0.5, 0.6) is 0 Å². The molecule has 0 saturated heterocycles. The molecule has 0 aromatic heterocycles. The third-order valence-electron chi connectivity index (χ3n) is 2.60. The van der Waals surface area contributed by atoms with E-state index in [2.05, 4.69) is 0 Å². The molecule has 0 heterocycles. The molecule has 7 nitrogen and oxygen atoms in total. The van der Waals surface area contributed by atoms with Gasteiger partial charge in [-0.15, -0.1) is 0 Å². The summed E-state index contributed by atoms with van der Waals surface area (Å²) in [6, 6.07) is 2.72. The van der Waals surface area contributed by atoms with Crippen LogP contribution in [0.4, 0.5) is 18.9 Å². The third kappa shape index (κ3) is 4.39. The molecule has 0 saturated carbocycles. The van der Waals surface area contributed by atoms with Crippen LogP contribution in [-0.2, 0) is 4.79 Å². The molecule has 1 amide bonds. The normalized spacial score (nSPS) is 14.3. The van der Waals surface area contributed by atoms with E-state index >= 15 is 0 Å². The van der Waals surface area contributed by atoms with Crippen molar-refractivity contribution in [2.45, 2.75) is 18.3 Å². The first-order chi connectivity index (χ1) is 9.66. The van der Waals surface area contributed by atoms with E-state index in [1.54, 1.807) is 0 Å². The molecule has 1 rings (SSSR count). The Labute approximate surface area is 116 Å². The summed E-state index contributed by atoms with van der Waals surface area (Å²) < 4.78 is 36.3. The van der Waals surface area contributed by atoms with Crippen LogP contribution in [0.3, 0.4) is 0 Å². The number of carbonyl (C=O) groups is 1. The number of halogens is 3. The molecule has 2 atom stereocenters. The predicted octanol–water partition coefficient (Wildman–Crippen LogP) is 0.668.